The van der Waals surface area contributed by atoms with E-state index in [1.54, 1.807) is 0 Å². The minimum absolute atomic E-state index is 0.0382. The van der Waals surface area contributed by atoms with Gasteiger partial charge in [-0.1, -0.05) is 0 Å². The maximum absolute atomic E-state index is 12.5. The molecule has 2 heterocycles. The van der Waals surface area contributed by atoms with Gasteiger partial charge in [0.25, 0.3) is 0 Å². The zero-order chi connectivity index (χ0) is 14.4. The van der Waals surface area contributed by atoms with Crippen LogP contribution in [0, 0.1) is 5.92 Å². The first-order valence-corrected chi connectivity index (χ1v) is 7.56. The summed E-state index contributed by atoms with van der Waals surface area (Å²) in [6, 6.07) is 0. The molecule has 114 valence electrons. The van der Waals surface area contributed by atoms with Gasteiger partial charge in [-0.2, -0.15) is 0 Å². The van der Waals surface area contributed by atoms with Crippen molar-refractivity contribution in [2.45, 2.75) is 19.8 Å². The highest BCUT2D eigenvalue weighted by Crippen LogP contribution is 2.19. The minimum atomic E-state index is 0.0382. The van der Waals surface area contributed by atoms with Crippen LogP contribution in [0.5, 0.6) is 0 Å². The van der Waals surface area contributed by atoms with Crippen LogP contribution in [0.1, 0.15) is 19.8 Å². The lowest BCUT2D eigenvalue weighted by molar-refractivity contribution is -0.142. The van der Waals surface area contributed by atoms with Gasteiger partial charge in [0.2, 0.25) is 11.8 Å². The molecule has 1 unspecified atom stereocenters. The van der Waals surface area contributed by atoms with E-state index in [0.717, 1.165) is 19.4 Å². The third-order valence-corrected chi connectivity index (χ3v) is 3.92. The van der Waals surface area contributed by atoms with E-state index in [0.29, 0.717) is 45.9 Å². The first-order valence-electron chi connectivity index (χ1n) is 7.56. The number of nitrogens with one attached hydrogen (secondary N) is 1. The second kappa shape index (κ2) is 7.59. The van der Waals surface area contributed by atoms with Crippen molar-refractivity contribution in [2.24, 2.45) is 5.92 Å². The molecule has 1 atom stereocenters. The molecule has 0 aromatic carbocycles. The third kappa shape index (κ3) is 4.18. The van der Waals surface area contributed by atoms with Crippen LogP contribution in [0.4, 0.5) is 0 Å². The van der Waals surface area contributed by atoms with E-state index in [1.807, 2.05) is 11.8 Å². The monoisotopic (exact) mass is 283 g/mol. The van der Waals surface area contributed by atoms with Gasteiger partial charge in [-0.15, -0.1) is 0 Å². The zero-order valence-corrected chi connectivity index (χ0v) is 12.3. The number of likely N-dealkylation sites (N-methyl/N-ethyl adjacent to an activating group) is 1. The Hall–Kier alpha value is -1.14. The molecule has 0 saturated carbocycles. The Labute approximate surface area is 120 Å². The molecule has 1 N–H and O–H groups in total. The molecule has 6 nitrogen and oxygen atoms in total. The largest absolute Gasteiger partial charge is 0.378 e. The van der Waals surface area contributed by atoms with E-state index in [1.165, 1.54) is 0 Å². The summed E-state index contributed by atoms with van der Waals surface area (Å²) in [5, 5.41) is 2.81. The third-order valence-electron chi connectivity index (χ3n) is 3.92. The summed E-state index contributed by atoms with van der Waals surface area (Å²) in [6.45, 7) is 7.26. The molecule has 2 saturated heterocycles. The van der Waals surface area contributed by atoms with Gasteiger partial charge in [0.05, 0.1) is 25.7 Å². The van der Waals surface area contributed by atoms with Crippen LogP contribution in [0.15, 0.2) is 0 Å². The van der Waals surface area contributed by atoms with E-state index in [-0.39, 0.29) is 17.7 Å². The van der Waals surface area contributed by atoms with Crippen molar-refractivity contribution in [3.05, 3.63) is 0 Å². The number of carbonyl (C=O) groups is 2. The number of hydrogen-bond donors (Lipinski definition) is 1. The summed E-state index contributed by atoms with van der Waals surface area (Å²) in [5.41, 5.74) is 0. The Morgan fingerprint density at radius 3 is 2.70 bits per heavy atom. The quantitative estimate of drug-likeness (QED) is 0.769. The topological polar surface area (TPSA) is 61.9 Å². The van der Waals surface area contributed by atoms with Gasteiger partial charge in [0.1, 0.15) is 0 Å². The lowest BCUT2D eigenvalue weighted by Gasteiger charge is -2.35. The predicted octanol–water partition coefficient (Wildman–Crippen LogP) is -0.307. The molecule has 0 radical (unpaired) electrons. The number of likely N-dealkylation sites (tertiary alicyclic amines) is 1. The Morgan fingerprint density at radius 1 is 1.25 bits per heavy atom. The van der Waals surface area contributed by atoms with Gasteiger partial charge in [0.15, 0.2) is 0 Å². The second-order valence-electron chi connectivity index (χ2n) is 5.47. The molecule has 0 spiro atoms. The van der Waals surface area contributed by atoms with Crippen LogP contribution in [0.3, 0.4) is 0 Å². The fraction of sp³-hybridized carbons (Fsp3) is 0.857. The Morgan fingerprint density at radius 2 is 2.00 bits per heavy atom. The van der Waals surface area contributed by atoms with Crippen molar-refractivity contribution in [3.8, 4) is 0 Å². The fourth-order valence-electron chi connectivity index (χ4n) is 2.90. The maximum atomic E-state index is 12.5. The average Bonchev–Trinajstić information content (AvgIpc) is 2.48. The molecule has 2 amide bonds. The highest BCUT2D eigenvalue weighted by atomic mass is 16.5. The van der Waals surface area contributed by atoms with Gasteiger partial charge in [-0.3, -0.25) is 14.5 Å². The first kappa shape index (κ1) is 15.3. The molecular formula is C14H25N3O3. The fourth-order valence-corrected chi connectivity index (χ4v) is 2.90. The van der Waals surface area contributed by atoms with Crippen molar-refractivity contribution < 1.29 is 14.3 Å². The summed E-state index contributed by atoms with van der Waals surface area (Å²) >= 11 is 0. The lowest BCUT2D eigenvalue weighted by Crippen LogP contribution is -2.49. The van der Waals surface area contributed by atoms with Crippen LogP contribution in [0.2, 0.25) is 0 Å². The van der Waals surface area contributed by atoms with Crippen LogP contribution in [-0.2, 0) is 14.3 Å². The zero-order valence-electron chi connectivity index (χ0n) is 12.3. The number of ether oxygens (including phenoxy) is 1. The molecule has 2 aliphatic rings. The van der Waals surface area contributed by atoms with Crippen molar-refractivity contribution >= 4 is 11.8 Å². The van der Waals surface area contributed by atoms with Crippen molar-refractivity contribution in [1.29, 1.82) is 0 Å². The van der Waals surface area contributed by atoms with Crippen LogP contribution in [0.25, 0.3) is 0 Å². The summed E-state index contributed by atoms with van der Waals surface area (Å²) in [6.07, 6.45) is 1.92. The number of hydrogen-bond acceptors (Lipinski definition) is 4. The molecule has 2 fully saturated rings. The number of morpholine rings is 1. The molecule has 0 aromatic heterocycles. The van der Waals surface area contributed by atoms with Crippen molar-refractivity contribution in [2.75, 3.05) is 52.5 Å². The normalized spacial score (nSPS) is 24.4. The number of rotatable bonds is 4. The Balaban J connectivity index is 1.82. The Bertz CT molecular complexity index is 343. The van der Waals surface area contributed by atoms with E-state index < -0.39 is 0 Å². The van der Waals surface area contributed by atoms with E-state index >= 15 is 0 Å². The summed E-state index contributed by atoms with van der Waals surface area (Å²) in [4.78, 5) is 28.1. The van der Waals surface area contributed by atoms with Crippen LogP contribution >= 0.6 is 0 Å². The van der Waals surface area contributed by atoms with Gasteiger partial charge < -0.3 is 15.0 Å². The Kier molecular flexibility index (Phi) is 5.79. The molecule has 2 rings (SSSR count). The van der Waals surface area contributed by atoms with Crippen LogP contribution < -0.4 is 5.32 Å². The first-order chi connectivity index (χ1) is 9.70. The average molecular weight is 283 g/mol. The molecule has 0 bridgehead atoms. The highest BCUT2D eigenvalue weighted by molar-refractivity contribution is 5.80. The van der Waals surface area contributed by atoms with Gasteiger partial charge in [-0.05, 0) is 26.3 Å². The number of amides is 2. The van der Waals surface area contributed by atoms with Crippen molar-refractivity contribution in [1.82, 2.24) is 15.1 Å². The molecule has 0 aromatic rings. The molecule has 6 heteroatoms. The number of carbonyl (C=O) groups excluding carboxylic acids is 2. The van der Waals surface area contributed by atoms with Gasteiger partial charge in [-0.25, -0.2) is 0 Å². The predicted molar refractivity (Wildman–Crippen MR) is 75.2 cm³/mol. The van der Waals surface area contributed by atoms with Gasteiger partial charge in [0, 0.05) is 26.2 Å². The van der Waals surface area contributed by atoms with Crippen molar-refractivity contribution in [3.63, 3.8) is 0 Å². The molecule has 0 aliphatic carbocycles. The SMILES string of the molecule is CCNC(=O)CN1CCCC(C(=O)N2CCOCC2)C1. The summed E-state index contributed by atoms with van der Waals surface area (Å²) in [7, 11) is 0. The van der Waals surface area contributed by atoms with E-state index in [9.17, 15) is 9.59 Å². The smallest absolute Gasteiger partial charge is 0.234 e. The lowest BCUT2D eigenvalue weighted by atomic mass is 9.96. The minimum Gasteiger partial charge on any atom is -0.378 e. The molecule has 2 aliphatic heterocycles. The molecular weight excluding hydrogens is 258 g/mol. The van der Waals surface area contributed by atoms with E-state index in [2.05, 4.69) is 10.2 Å². The number of nitrogens with zero attached hydrogens (tertiary/aromatic N) is 2. The molecule has 20 heavy (non-hydrogen) atoms. The maximum Gasteiger partial charge on any atom is 0.234 e. The number of piperidine rings is 1. The summed E-state index contributed by atoms with van der Waals surface area (Å²) in [5.74, 6) is 0.317. The van der Waals surface area contributed by atoms with Gasteiger partial charge >= 0.3 is 0 Å². The highest BCUT2D eigenvalue weighted by Gasteiger charge is 2.30. The summed E-state index contributed by atoms with van der Waals surface area (Å²) < 4.78 is 5.28. The second-order valence-corrected chi connectivity index (χ2v) is 5.47. The van der Waals surface area contributed by atoms with Crippen LogP contribution in [-0.4, -0.2) is 74.1 Å². The standard InChI is InChI=1S/C14H25N3O3/c1-2-15-13(18)11-16-5-3-4-12(10-16)14(19)17-6-8-20-9-7-17/h12H,2-11H2,1H3,(H,15,18). The van der Waals surface area contributed by atoms with E-state index in [4.69, 9.17) is 4.74 Å².